The van der Waals surface area contributed by atoms with Crippen molar-refractivity contribution >= 4 is 40.1 Å². The van der Waals surface area contributed by atoms with Crippen LogP contribution in [0.1, 0.15) is 27.3 Å². The van der Waals surface area contributed by atoms with Gasteiger partial charge in [-0.25, -0.2) is 4.98 Å². The van der Waals surface area contributed by atoms with Gasteiger partial charge in [0.2, 0.25) is 0 Å². The number of carbonyl (C=O) groups excluding carboxylic acids is 1. The van der Waals surface area contributed by atoms with Gasteiger partial charge >= 0.3 is 0 Å². The van der Waals surface area contributed by atoms with E-state index in [2.05, 4.69) is 15.3 Å². The molecule has 0 atom stereocenters. The zero-order valence-corrected chi connectivity index (χ0v) is 19.9. The zero-order valence-electron chi connectivity index (χ0n) is 19.0. The Hall–Kier alpha value is -4.04. The Kier molecular flexibility index (Phi) is 5.37. The fourth-order valence-corrected chi connectivity index (χ4v) is 4.46. The number of imidazole rings is 1. The molecular weight excluding hydrogens is 446 g/mol. The van der Waals surface area contributed by atoms with E-state index in [0.717, 1.165) is 33.7 Å². The summed E-state index contributed by atoms with van der Waals surface area (Å²) in [4.78, 5) is 33.9. The van der Waals surface area contributed by atoms with Crippen molar-refractivity contribution in [3.63, 3.8) is 0 Å². The van der Waals surface area contributed by atoms with E-state index < -0.39 is 0 Å². The molecule has 170 valence electrons. The van der Waals surface area contributed by atoms with Gasteiger partial charge in [0, 0.05) is 12.6 Å². The van der Waals surface area contributed by atoms with E-state index in [1.54, 1.807) is 18.2 Å². The molecule has 0 aliphatic heterocycles. The van der Waals surface area contributed by atoms with Crippen LogP contribution in [0.4, 0.5) is 0 Å². The highest BCUT2D eigenvalue weighted by Gasteiger charge is 2.14. The van der Waals surface area contributed by atoms with Gasteiger partial charge in [0.05, 0.1) is 34.2 Å². The number of aryl methyl sites for hydroxylation is 2. The summed E-state index contributed by atoms with van der Waals surface area (Å²) in [6.45, 7) is 4.25. The Morgan fingerprint density at radius 2 is 1.88 bits per heavy atom. The first-order chi connectivity index (χ1) is 16.3. The van der Waals surface area contributed by atoms with Crippen LogP contribution in [0.3, 0.4) is 0 Å². The first-order valence-electron chi connectivity index (χ1n) is 10.9. The number of rotatable bonds is 4. The number of nitrogens with one attached hydrogen (secondary N) is 2. The Morgan fingerprint density at radius 3 is 2.68 bits per heavy atom. The van der Waals surface area contributed by atoms with E-state index in [9.17, 15) is 9.59 Å². The monoisotopic (exact) mass is 469 g/mol. The third kappa shape index (κ3) is 3.62. The smallest absolute Gasteiger partial charge is 0.266 e. The number of amides is 1. The zero-order chi connectivity index (χ0) is 24.0. The molecule has 3 aromatic carbocycles. The number of hydrogen-bond acceptors (Lipinski definition) is 4. The molecule has 0 unspecified atom stereocenters. The third-order valence-corrected chi connectivity index (χ3v) is 6.55. The standard InChI is InChI=1S/C26H23N5O2S/c1-15-7-6-10-21(16(15)2)31-25(33)18-12-11-17(13-20(18)29-26(31)34)24(32)27-14-23-28-19-8-4-5-9-22(19)30(23)3/h4-13H,14H2,1-3H3,(H,27,32)(H,29,34). The number of aromatic amines is 1. The van der Waals surface area contributed by atoms with Gasteiger partial charge < -0.3 is 14.9 Å². The second-order valence-electron chi connectivity index (χ2n) is 8.31. The normalized spacial score (nSPS) is 11.3. The molecule has 7 nitrogen and oxygen atoms in total. The van der Waals surface area contributed by atoms with Crippen molar-refractivity contribution in [3.8, 4) is 5.69 Å². The molecule has 0 aliphatic carbocycles. The second kappa shape index (κ2) is 8.39. The van der Waals surface area contributed by atoms with Crippen molar-refractivity contribution in [2.24, 2.45) is 7.05 Å². The summed E-state index contributed by atoms with van der Waals surface area (Å²) in [5.74, 6) is 0.498. The maximum atomic E-state index is 13.3. The van der Waals surface area contributed by atoms with Crippen molar-refractivity contribution in [1.29, 1.82) is 0 Å². The molecule has 5 rings (SSSR count). The second-order valence-corrected chi connectivity index (χ2v) is 8.70. The van der Waals surface area contributed by atoms with Crippen molar-refractivity contribution < 1.29 is 4.79 Å². The average molecular weight is 470 g/mol. The third-order valence-electron chi connectivity index (χ3n) is 6.26. The summed E-state index contributed by atoms with van der Waals surface area (Å²) in [7, 11) is 1.92. The number of H-pyrrole nitrogens is 1. The number of fused-ring (bicyclic) bond motifs is 2. The molecule has 0 saturated heterocycles. The maximum Gasteiger partial charge on any atom is 0.266 e. The molecule has 0 radical (unpaired) electrons. The predicted octanol–water partition coefficient (Wildman–Crippen LogP) is 4.48. The maximum absolute atomic E-state index is 13.3. The largest absolute Gasteiger partial charge is 0.345 e. The molecule has 0 saturated carbocycles. The average Bonchev–Trinajstić information content (AvgIpc) is 3.15. The Bertz CT molecular complexity index is 1710. The van der Waals surface area contributed by atoms with E-state index in [-0.39, 0.29) is 22.8 Å². The summed E-state index contributed by atoms with van der Waals surface area (Å²) < 4.78 is 3.75. The fourth-order valence-electron chi connectivity index (χ4n) is 4.17. The molecule has 8 heteroatoms. The molecular formula is C26H23N5O2S. The summed E-state index contributed by atoms with van der Waals surface area (Å²) >= 11 is 5.52. The van der Waals surface area contributed by atoms with Crippen LogP contribution >= 0.6 is 12.2 Å². The number of carbonyl (C=O) groups is 1. The van der Waals surface area contributed by atoms with Crippen LogP contribution in [0.2, 0.25) is 0 Å². The van der Waals surface area contributed by atoms with E-state index in [1.807, 2.05) is 67.9 Å². The van der Waals surface area contributed by atoms with Gasteiger partial charge in [0.1, 0.15) is 5.82 Å². The highest BCUT2D eigenvalue weighted by atomic mass is 32.1. The minimum atomic E-state index is -0.257. The minimum absolute atomic E-state index is 0.223. The summed E-state index contributed by atoms with van der Waals surface area (Å²) in [5.41, 5.74) is 5.43. The number of aromatic nitrogens is 4. The van der Waals surface area contributed by atoms with E-state index >= 15 is 0 Å². The molecule has 0 fully saturated rings. The van der Waals surface area contributed by atoms with E-state index in [1.165, 1.54) is 4.57 Å². The van der Waals surface area contributed by atoms with Gasteiger partial charge in [-0.3, -0.25) is 14.2 Å². The van der Waals surface area contributed by atoms with Crippen LogP contribution in [0.15, 0.2) is 65.5 Å². The van der Waals surface area contributed by atoms with Gasteiger partial charge in [0.15, 0.2) is 4.77 Å². The van der Waals surface area contributed by atoms with Gasteiger partial charge in [-0.2, -0.15) is 0 Å². The number of para-hydroxylation sites is 2. The van der Waals surface area contributed by atoms with Crippen LogP contribution < -0.4 is 10.9 Å². The van der Waals surface area contributed by atoms with Crippen molar-refractivity contribution in [2.75, 3.05) is 0 Å². The van der Waals surface area contributed by atoms with Crippen LogP contribution in [0, 0.1) is 18.6 Å². The molecule has 2 N–H and O–H groups in total. The van der Waals surface area contributed by atoms with Gasteiger partial charge in [-0.1, -0.05) is 24.3 Å². The molecule has 2 heterocycles. The highest BCUT2D eigenvalue weighted by Crippen LogP contribution is 2.19. The van der Waals surface area contributed by atoms with Crippen LogP contribution in [-0.4, -0.2) is 25.0 Å². The predicted molar refractivity (Wildman–Crippen MR) is 136 cm³/mol. The Morgan fingerprint density at radius 1 is 1.09 bits per heavy atom. The molecule has 0 spiro atoms. The number of hydrogen-bond donors (Lipinski definition) is 2. The van der Waals surface area contributed by atoms with Crippen molar-refractivity contribution in [3.05, 3.63) is 98.3 Å². The summed E-state index contributed by atoms with van der Waals surface area (Å²) in [6, 6.07) is 18.6. The Labute approximate surface area is 200 Å². The Balaban J connectivity index is 1.46. The van der Waals surface area contributed by atoms with Crippen molar-refractivity contribution in [2.45, 2.75) is 20.4 Å². The molecule has 2 aromatic heterocycles. The van der Waals surface area contributed by atoms with Gasteiger partial charge in [-0.05, 0) is 73.6 Å². The van der Waals surface area contributed by atoms with E-state index in [0.29, 0.717) is 16.5 Å². The van der Waals surface area contributed by atoms with Gasteiger partial charge in [-0.15, -0.1) is 0 Å². The molecule has 0 bridgehead atoms. The fraction of sp³-hybridized carbons (Fsp3) is 0.154. The van der Waals surface area contributed by atoms with Crippen LogP contribution in [0.25, 0.3) is 27.6 Å². The minimum Gasteiger partial charge on any atom is -0.345 e. The van der Waals surface area contributed by atoms with Crippen molar-refractivity contribution in [1.82, 2.24) is 24.4 Å². The molecule has 5 aromatic rings. The topological polar surface area (TPSA) is 84.7 Å². The first kappa shape index (κ1) is 21.8. The lowest BCUT2D eigenvalue weighted by Crippen LogP contribution is -2.25. The quantitative estimate of drug-likeness (QED) is 0.380. The number of nitrogens with zero attached hydrogens (tertiary/aromatic N) is 3. The van der Waals surface area contributed by atoms with Crippen LogP contribution in [0.5, 0.6) is 0 Å². The summed E-state index contributed by atoms with van der Waals surface area (Å²) in [6.07, 6.45) is 0. The SMILES string of the molecule is Cc1cccc(-n2c(=S)[nH]c3cc(C(=O)NCc4nc5ccccc5n4C)ccc3c2=O)c1C. The lowest BCUT2D eigenvalue weighted by Gasteiger charge is -2.13. The van der Waals surface area contributed by atoms with Gasteiger partial charge in [0.25, 0.3) is 11.5 Å². The molecule has 0 aliphatic rings. The lowest BCUT2D eigenvalue weighted by molar-refractivity contribution is 0.0949. The highest BCUT2D eigenvalue weighted by molar-refractivity contribution is 7.71. The molecule has 1 amide bonds. The lowest BCUT2D eigenvalue weighted by atomic mass is 10.1. The first-order valence-corrected chi connectivity index (χ1v) is 11.3. The number of benzene rings is 3. The summed E-state index contributed by atoms with van der Waals surface area (Å²) in [5, 5.41) is 3.38. The van der Waals surface area contributed by atoms with Crippen LogP contribution in [-0.2, 0) is 13.6 Å². The van der Waals surface area contributed by atoms with E-state index in [4.69, 9.17) is 12.2 Å². The molecule has 34 heavy (non-hydrogen) atoms.